The molecule has 4 aliphatic rings. The summed E-state index contributed by atoms with van der Waals surface area (Å²) in [4.78, 5) is 14.2. The quantitative estimate of drug-likeness (QED) is 0.547. The average molecular weight is 318 g/mol. The van der Waals surface area contributed by atoms with E-state index in [4.69, 9.17) is 0 Å². The van der Waals surface area contributed by atoms with Crippen molar-refractivity contribution in [3.05, 3.63) is 0 Å². The Hall–Kier alpha value is -1.06. The van der Waals surface area contributed by atoms with Crippen molar-refractivity contribution in [1.29, 1.82) is 0 Å². The average Bonchev–Trinajstić information content (AvgIpc) is 2.88. The molecule has 4 unspecified atom stereocenters. The molecule has 0 bridgehead atoms. The van der Waals surface area contributed by atoms with Gasteiger partial charge in [-0.25, -0.2) is 0 Å². The molecular weight excluding hydrogens is 288 g/mol. The van der Waals surface area contributed by atoms with E-state index in [2.05, 4.69) is 23.9 Å². The molecule has 0 aromatic carbocycles. The molecule has 6 atom stereocenters. The van der Waals surface area contributed by atoms with Gasteiger partial charge in [0.2, 0.25) is 5.91 Å². The lowest BCUT2D eigenvalue weighted by Gasteiger charge is -2.61. The molecule has 0 spiro atoms. The normalized spacial score (nSPS) is 51.3. The highest BCUT2D eigenvalue weighted by atomic mass is 16.4. The van der Waals surface area contributed by atoms with E-state index in [0.717, 1.165) is 49.7 Å². The second-order valence-corrected chi connectivity index (χ2v) is 9.22. The number of amides is 1. The first-order chi connectivity index (χ1) is 10.9. The second kappa shape index (κ2) is 4.97. The molecule has 4 rings (SSSR count). The van der Waals surface area contributed by atoms with E-state index >= 15 is 0 Å². The van der Waals surface area contributed by atoms with Crippen LogP contribution in [0, 0.1) is 28.6 Å². The van der Waals surface area contributed by atoms with Crippen molar-refractivity contribution in [2.45, 2.75) is 71.3 Å². The van der Waals surface area contributed by atoms with E-state index in [1.165, 1.54) is 19.3 Å². The van der Waals surface area contributed by atoms with Gasteiger partial charge in [-0.2, -0.15) is 0 Å². The van der Waals surface area contributed by atoms with E-state index in [1.807, 2.05) is 7.05 Å². The minimum absolute atomic E-state index is 0.284. The van der Waals surface area contributed by atoms with Crippen LogP contribution in [0.25, 0.3) is 0 Å². The van der Waals surface area contributed by atoms with Crippen LogP contribution in [0.2, 0.25) is 0 Å². The highest BCUT2D eigenvalue weighted by molar-refractivity contribution is 5.87. The number of oxime groups is 1. The Morgan fingerprint density at radius 1 is 1.17 bits per heavy atom. The molecule has 1 amide bonds. The first-order valence-corrected chi connectivity index (χ1v) is 9.34. The van der Waals surface area contributed by atoms with Crippen molar-refractivity contribution in [3.63, 3.8) is 0 Å². The van der Waals surface area contributed by atoms with Crippen molar-refractivity contribution < 1.29 is 10.0 Å². The summed E-state index contributed by atoms with van der Waals surface area (Å²) < 4.78 is 0. The van der Waals surface area contributed by atoms with Gasteiger partial charge in [0, 0.05) is 19.5 Å². The molecule has 1 saturated heterocycles. The van der Waals surface area contributed by atoms with Crippen LogP contribution in [-0.2, 0) is 4.79 Å². The van der Waals surface area contributed by atoms with Crippen molar-refractivity contribution in [2.75, 3.05) is 7.05 Å². The summed E-state index contributed by atoms with van der Waals surface area (Å²) in [5, 5.41) is 12.8. The maximum atomic E-state index is 12.1. The van der Waals surface area contributed by atoms with E-state index in [9.17, 15) is 10.0 Å². The predicted molar refractivity (Wildman–Crippen MR) is 89.4 cm³/mol. The zero-order valence-electron chi connectivity index (χ0n) is 14.7. The Labute approximate surface area is 139 Å². The van der Waals surface area contributed by atoms with Gasteiger partial charge in [-0.1, -0.05) is 19.0 Å². The Bertz CT molecular complexity index is 560. The minimum atomic E-state index is 0.284. The largest absolute Gasteiger partial charge is 0.411 e. The van der Waals surface area contributed by atoms with Gasteiger partial charge in [-0.05, 0) is 73.5 Å². The van der Waals surface area contributed by atoms with Crippen molar-refractivity contribution >= 4 is 11.6 Å². The Kier molecular flexibility index (Phi) is 3.34. The molecule has 1 N–H and O–H groups in total. The highest BCUT2D eigenvalue weighted by Crippen LogP contribution is 2.64. The van der Waals surface area contributed by atoms with Gasteiger partial charge >= 0.3 is 0 Å². The third kappa shape index (κ3) is 2.02. The molecule has 23 heavy (non-hydrogen) atoms. The van der Waals surface area contributed by atoms with Crippen LogP contribution in [0.5, 0.6) is 0 Å². The molecule has 4 heteroatoms. The van der Waals surface area contributed by atoms with Crippen molar-refractivity contribution in [1.82, 2.24) is 4.90 Å². The Morgan fingerprint density at radius 2 is 1.96 bits per heavy atom. The lowest BCUT2D eigenvalue weighted by molar-refractivity contribution is -0.156. The van der Waals surface area contributed by atoms with Gasteiger partial charge < -0.3 is 10.1 Å². The maximum Gasteiger partial charge on any atom is 0.222 e. The number of fused-ring (bicyclic) bond motifs is 5. The number of carbonyl (C=O) groups is 1. The lowest BCUT2D eigenvalue weighted by atomic mass is 9.47. The molecule has 3 aliphatic carbocycles. The summed E-state index contributed by atoms with van der Waals surface area (Å²) in [5.41, 5.74) is 1.63. The third-order valence-corrected chi connectivity index (χ3v) is 8.28. The number of rotatable bonds is 0. The number of hydrogen-bond acceptors (Lipinski definition) is 3. The summed E-state index contributed by atoms with van der Waals surface area (Å²) in [5.74, 6) is 2.48. The number of hydrogen-bond donors (Lipinski definition) is 1. The fraction of sp³-hybridized carbons (Fsp3) is 0.895. The smallest absolute Gasteiger partial charge is 0.222 e. The SMILES string of the molecule is CN1C(=O)CC[C@]2(C)C3CC[C@]4(C)C/C(=N/O)CC4C3CCC12. The van der Waals surface area contributed by atoms with Crippen LogP contribution >= 0.6 is 0 Å². The Morgan fingerprint density at radius 3 is 2.70 bits per heavy atom. The summed E-state index contributed by atoms with van der Waals surface area (Å²) in [6, 6.07) is 0.432. The van der Waals surface area contributed by atoms with Crippen LogP contribution < -0.4 is 0 Å². The van der Waals surface area contributed by atoms with Gasteiger partial charge in [0.1, 0.15) is 0 Å². The van der Waals surface area contributed by atoms with E-state index in [1.54, 1.807) is 0 Å². The lowest BCUT2D eigenvalue weighted by Crippen LogP contribution is -2.61. The number of likely N-dealkylation sites (tertiary alicyclic amines) is 1. The number of carbonyl (C=O) groups excluding carboxylic acids is 1. The molecule has 4 nitrogen and oxygen atoms in total. The zero-order chi connectivity index (χ0) is 16.4. The summed E-state index contributed by atoms with van der Waals surface area (Å²) in [7, 11) is 2.02. The van der Waals surface area contributed by atoms with Gasteiger partial charge in [-0.15, -0.1) is 0 Å². The van der Waals surface area contributed by atoms with Crippen molar-refractivity contribution in [2.24, 2.45) is 33.7 Å². The molecule has 0 aromatic heterocycles. The van der Waals surface area contributed by atoms with Gasteiger partial charge in [0.05, 0.1) is 5.71 Å². The number of nitrogens with zero attached hydrogens (tertiary/aromatic N) is 2. The number of piperidine rings is 1. The van der Waals surface area contributed by atoms with Crippen LogP contribution in [-0.4, -0.2) is 34.8 Å². The first kappa shape index (κ1) is 15.5. The van der Waals surface area contributed by atoms with E-state index in [0.29, 0.717) is 23.3 Å². The van der Waals surface area contributed by atoms with Crippen LogP contribution in [0.1, 0.15) is 65.2 Å². The second-order valence-electron chi connectivity index (χ2n) is 9.22. The van der Waals surface area contributed by atoms with Gasteiger partial charge in [0.25, 0.3) is 0 Å². The fourth-order valence-electron chi connectivity index (χ4n) is 7.03. The Balaban J connectivity index is 1.65. The third-order valence-electron chi connectivity index (χ3n) is 8.28. The predicted octanol–water partition coefficient (Wildman–Crippen LogP) is 3.68. The van der Waals surface area contributed by atoms with Crippen molar-refractivity contribution in [3.8, 4) is 0 Å². The van der Waals surface area contributed by atoms with E-state index in [-0.39, 0.29) is 5.41 Å². The van der Waals surface area contributed by atoms with Crippen LogP contribution in [0.15, 0.2) is 5.16 Å². The maximum absolute atomic E-state index is 12.1. The fourth-order valence-corrected chi connectivity index (χ4v) is 7.03. The summed E-state index contributed by atoms with van der Waals surface area (Å²) in [6.45, 7) is 4.87. The van der Waals surface area contributed by atoms with Crippen LogP contribution in [0.3, 0.4) is 0 Å². The zero-order valence-corrected chi connectivity index (χ0v) is 14.7. The molecule has 0 aromatic rings. The van der Waals surface area contributed by atoms with Gasteiger partial charge in [-0.3, -0.25) is 4.79 Å². The van der Waals surface area contributed by atoms with Gasteiger partial charge in [0.15, 0.2) is 0 Å². The van der Waals surface area contributed by atoms with Crippen LogP contribution in [0.4, 0.5) is 0 Å². The molecule has 1 heterocycles. The minimum Gasteiger partial charge on any atom is -0.411 e. The monoisotopic (exact) mass is 318 g/mol. The highest BCUT2D eigenvalue weighted by Gasteiger charge is 2.59. The van der Waals surface area contributed by atoms with E-state index < -0.39 is 0 Å². The summed E-state index contributed by atoms with van der Waals surface area (Å²) >= 11 is 0. The molecule has 3 saturated carbocycles. The molecule has 1 aliphatic heterocycles. The topological polar surface area (TPSA) is 52.9 Å². The molecule has 4 fully saturated rings. The molecule has 0 radical (unpaired) electrons. The molecular formula is C19H30N2O2. The molecule has 128 valence electrons. The summed E-state index contributed by atoms with van der Waals surface area (Å²) in [6.07, 6.45) is 8.67. The standard InChI is InChI=1S/C19H30N2O2/c1-18-8-6-14-13(15(18)10-12(11-18)20-23)4-5-16-19(14,2)9-7-17(22)21(16)3/h13-16,23H,4-11H2,1-3H3/b20-12+/t13?,14?,15?,16?,18-,19-/m1/s1. The first-order valence-electron chi connectivity index (χ1n) is 9.34.